The molecule has 3 rings (SSSR count). The summed E-state index contributed by atoms with van der Waals surface area (Å²) in [6, 6.07) is 10.5. The van der Waals surface area contributed by atoms with Crippen molar-refractivity contribution in [3.63, 3.8) is 0 Å². The molecule has 0 atom stereocenters. The molecule has 0 bridgehead atoms. The Morgan fingerprint density at radius 2 is 1.90 bits per heavy atom. The van der Waals surface area contributed by atoms with Gasteiger partial charge < -0.3 is 5.32 Å². The number of fused-ring (bicyclic) bond motifs is 1. The quantitative estimate of drug-likeness (QED) is 0.802. The zero-order valence-electron chi connectivity index (χ0n) is 10.2. The van der Waals surface area contributed by atoms with Gasteiger partial charge in [-0.25, -0.2) is 8.78 Å². The fourth-order valence-electron chi connectivity index (χ4n) is 1.87. The van der Waals surface area contributed by atoms with E-state index in [1.54, 1.807) is 6.07 Å². The van der Waals surface area contributed by atoms with Crippen molar-refractivity contribution in [3.05, 3.63) is 64.6 Å². The van der Waals surface area contributed by atoms with Gasteiger partial charge in [0.1, 0.15) is 11.6 Å². The predicted molar refractivity (Wildman–Crippen MR) is 75.3 cm³/mol. The van der Waals surface area contributed by atoms with Gasteiger partial charge in [0.05, 0.1) is 10.6 Å². The van der Waals surface area contributed by atoms with Crippen molar-refractivity contribution in [2.24, 2.45) is 0 Å². The summed E-state index contributed by atoms with van der Waals surface area (Å²) >= 11 is 1.23. The van der Waals surface area contributed by atoms with Crippen LogP contribution in [0.2, 0.25) is 0 Å². The van der Waals surface area contributed by atoms with Crippen LogP contribution < -0.4 is 5.32 Å². The van der Waals surface area contributed by atoms with Crippen LogP contribution in [0.5, 0.6) is 0 Å². The Kier molecular flexibility index (Phi) is 3.28. The molecule has 0 radical (unpaired) electrons. The van der Waals surface area contributed by atoms with E-state index in [4.69, 9.17) is 0 Å². The molecule has 2 aromatic rings. The lowest BCUT2D eigenvalue weighted by Gasteiger charge is -2.18. The second-order valence-corrected chi connectivity index (χ2v) is 5.31. The molecule has 2 nitrogen and oxygen atoms in total. The van der Waals surface area contributed by atoms with E-state index in [2.05, 4.69) is 5.32 Å². The monoisotopic (exact) mass is 289 g/mol. The molecule has 1 N–H and O–H groups in total. The molecule has 0 spiro atoms. The molecule has 0 aromatic heterocycles. The van der Waals surface area contributed by atoms with Crippen LogP contribution in [0.25, 0.3) is 6.08 Å². The summed E-state index contributed by atoms with van der Waals surface area (Å²) in [5.41, 5.74) is 0.779. The highest BCUT2D eigenvalue weighted by Crippen LogP contribution is 2.38. The topological polar surface area (TPSA) is 29.1 Å². The maximum atomic E-state index is 13.6. The first-order valence-electron chi connectivity index (χ1n) is 5.88. The number of hydrogen-bond donors (Lipinski definition) is 1. The first-order valence-corrected chi connectivity index (χ1v) is 6.70. The van der Waals surface area contributed by atoms with Crippen LogP contribution in [0, 0.1) is 11.6 Å². The number of hydrogen-bond acceptors (Lipinski definition) is 2. The standard InChI is InChI=1S/C15H9F2NOS/c16-10-5-6-11(17)9(7-10)8-14-15(19)18-12-3-1-2-4-13(12)20-14/h1-8H,(H,18,19)/b14-8-. The number of thioether (sulfide) groups is 1. The van der Waals surface area contributed by atoms with Crippen molar-refractivity contribution in [1.29, 1.82) is 0 Å². The third kappa shape index (κ3) is 2.44. The zero-order chi connectivity index (χ0) is 14.1. The number of halogens is 2. The number of anilines is 1. The Bertz CT molecular complexity index is 728. The highest BCUT2D eigenvalue weighted by Gasteiger charge is 2.20. The Balaban J connectivity index is 2.01. The molecule has 1 heterocycles. The summed E-state index contributed by atoms with van der Waals surface area (Å²) in [6.07, 6.45) is 1.36. The Morgan fingerprint density at radius 3 is 2.75 bits per heavy atom. The van der Waals surface area contributed by atoms with Gasteiger partial charge in [0, 0.05) is 10.5 Å². The molecular formula is C15H9F2NOS. The van der Waals surface area contributed by atoms with E-state index in [9.17, 15) is 13.6 Å². The summed E-state index contributed by atoms with van der Waals surface area (Å²) in [5.74, 6) is -1.43. The minimum atomic E-state index is -0.564. The van der Waals surface area contributed by atoms with E-state index in [1.165, 1.54) is 17.8 Å². The summed E-state index contributed by atoms with van der Waals surface area (Å²) in [7, 11) is 0. The van der Waals surface area contributed by atoms with Gasteiger partial charge in [0.25, 0.3) is 5.91 Å². The SMILES string of the molecule is O=C1Nc2ccccc2S/C1=C\c1cc(F)ccc1F. The number of carbonyl (C=O) groups is 1. The summed E-state index contributed by atoms with van der Waals surface area (Å²) in [5, 5.41) is 2.72. The van der Waals surface area contributed by atoms with Crippen LogP contribution in [-0.4, -0.2) is 5.91 Å². The first-order chi connectivity index (χ1) is 9.63. The molecule has 1 aliphatic rings. The predicted octanol–water partition coefficient (Wildman–Crippen LogP) is 4.05. The molecule has 0 aliphatic carbocycles. The fourth-order valence-corrected chi connectivity index (χ4v) is 2.81. The second-order valence-electron chi connectivity index (χ2n) is 4.23. The molecule has 2 aromatic carbocycles. The molecule has 1 aliphatic heterocycles. The van der Waals surface area contributed by atoms with E-state index < -0.39 is 11.6 Å². The van der Waals surface area contributed by atoms with Gasteiger partial charge in [-0.05, 0) is 36.4 Å². The first kappa shape index (κ1) is 12.9. The van der Waals surface area contributed by atoms with E-state index >= 15 is 0 Å². The number of carbonyl (C=O) groups excluding carboxylic acids is 1. The number of benzene rings is 2. The van der Waals surface area contributed by atoms with Gasteiger partial charge >= 0.3 is 0 Å². The number of nitrogens with one attached hydrogen (secondary N) is 1. The summed E-state index contributed by atoms with van der Waals surface area (Å²) in [4.78, 5) is 13.1. The molecule has 20 heavy (non-hydrogen) atoms. The van der Waals surface area contributed by atoms with Crippen molar-refractivity contribution in [2.45, 2.75) is 4.90 Å². The van der Waals surface area contributed by atoms with Crippen molar-refractivity contribution in [1.82, 2.24) is 0 Å². The molecular weight excluding hydrogens is 280 g/mol. The molecule has 1 amide bonds. The maximum Gasteiger partial charge on any atom is 0.262 e. The van der Waals surface area contributed by atoms with Crippen LogP contribution in [0.3, 0.4) is 0 Å². The van der Waals surface area contributed by atoms with Gasteiger partial charge in [0.15, 0.2) is 0 Å². The number of amides is 1. The molecule has 5 heteroatoms. The van der Waals surface area contributed by atoms with Crippen molar-refractivity contribution >= 4 is 29.4 Å². The average molecular weight is 289 g/mol. The average Bonchev–Trinajstić information content (AvgIpc) is 2.43. The normalized spacial score (nSPS) is 15.9. The van der Waals surface area contributed by atoms with Crippen LogP contribution in [-0.2, 0) is 4.79 Å². The van der Waals surface area contributed by atoms with Crippen LogP contribution in [0.15, 0.2) is 52.3 Å². The maximum absolute atomic E-state index is 13.6. The van der Waals surface area contributed by atoms with Gasteiger partial charge in [-0.3, -0.25) is 4.79 Å². The zero-order valence-corrected chi connectivity index (χ0v) is 11.0. The highest BCUT2D eigenvalue weighted by atomic mass is 32.2. The fraction of sp³-hybridized carbons (Fsp3) is 0. The number of para-hydroxylation sites is 1. The molecule has 0 saturated heterocycles. The lowest BCUT2D eigenvalue weighted by Crippen LogP contribution is -2.17. The molecule has 0 fully saturated rings. The highest BCUT2D eigenvalue weighted by molar-refractivity contribution is 8.04. The lowest BCUT2D eigenvalue weighted by atomic mass is 10.2. The minimum Gasteiger partial charge on any atom is -0.320 e. The van der Waals surface area contributed by atoms with Gasteiger partial charge in [0.2, 0.25) is 0 Å². The van der Waals surface area contributed by atoms with Crippen molar-refractivity contribution in [3.8, 4) is 0 Å². The minimum absolute atomic E-state index is 0.0574. The molecule has 0 saturated carbocycles. The third-order valence-electron chi connectivity index (χ3n) is 2.82. The number of rotatable bonds is 1. The van der Waals surface area contributed by atoms with Crippen molar-refractivity contribution < 1.29 is 13.6 Å². The van der Waals surface area contributed by atoms with Crippen LogP contribution in [0.1, 0.15) is 5.56 Å². The largest absolute Gasteiger partial charge is 0.320 e. The van der Waals surface area contributed by atoms with Gasteiger partial charge in [-0.2, -0.15) is 0 Å². The Labute approximate surface area is 118 Å². The second kappa shape index (κ2) is 5.09. The van der Waals surface area contributed by atoms with E-state index in [1.807, 2.05) is 18.2 Å². The summed E-state index contributed by atoms with van der Waals surface area (Å²) in [6.45, 7) is 0. The van der Waals surface area contributed by atoms with Gasteiger partial charge in [-0.15, -0.1) is 0 Å². The molecule has 0 unspecified atom stereocenters. The van der Waals surface area contributed by atoms with E-state index in [-0.39, 0.29) is 11.5 Å². The van der Waals surface area contributed by atoms with Crippen LogP contribution in [0.4, 0.5) is 14.5 Å². The van der Waals surface area contributed by atoms with Crippen molar-refractivity contribution in [2.75, 3.05) is 5.32 Å². The Hall–Kier alpha value is -2.14. The lowest BCUT2D eigenvalue weighted by molar-refractivity contribution is -0.112. The van der Waals surface area contributed by atoms with Gasteiger partial charge in [-0.1, -0.05) is 23.9 Å². The third-order valence-corrected chi connectivity index (χ3v) is 3.92. The molecule has 100 valence electrons. The van der Waals surface area contributed by atoms with E-state index in [0.717, 1.165) is 28.8 Å². The Morgan fingerprint density at radius 1 is 1.10 bits per heavy atom. The van der Waals surface area contributed by atoms with E-state index in [0.29, 0.717) is 4.91 Å². The van der Waals surface area contributed by atoms with Crippen LogP contribution >= 0.6 is 11.8 Å². The summed E-state index contributed by atoms with van der Waals surface area (Å²) < 4.78 is 26.7. The smallest absolute Gasteiger partial charge is 0.262 e.